The second kappa shape index (κ2) is 11.0. The standard InChI is InChI=1S/C23H35N3O3S/c1-3-15-30-21-19(22(27)26(2)18-7-5-4-6-8-18)13-14-20(25-21)24-17-11-9-16(10-12-17)23(28)29/h13-14,16-18H,3-12,15H2,1-2H3,(H,24,25)(H,28,29). The fourth-order valence-electron chi connectivity index (χ4n) is 4.51. The Morgan fingerprint density at radius 1 is 1.13 bits per heavy atom. The Kier molecular flexibility index (Phi) is 8.42. The molecule has 7 heteroatoms. The third-order valence-corrected chi connectivity index (χ3v) is 7.60. The molecule has 6 nitrogen and oxygen atoms in total. The first kappa shape index (κ1) is 22.9. The van der Waals surface area contributed by atoms with E-state index < -0.39 is 5.97 Å². The average Bonchev–Trinajstić information content (AvgIpc) is 2.77. The summed E-state index contributed by atoms with van der Waals surface area (Å²) in [7, 11) is 1.93. The number of nitrogens with zero attached hydrogens (tertiary/aromatic N) is 2. The van der Waals surface area contributed by atoms with Gasteiger partial charge < -0.3 is 15.3 Å². The molecule has 2 N–H and O–H groups in total. The highest BCUT2D eigenvalue weighted by Crippen LogP contribution is 2.30. The highest BCUT2D eigenvalue weighted by Gasteiger charge is 2.27. The van der Waals surface area contributed by atoms with Gasteiger partial charge in [0.05, 0.1) is 11.5 Å². The number of aliphatic carboxylic acids is 1. The minimum absolute atomic E-state index is 0.0709. The molecule has 2 saturated carbocycles. The number of anilines is 1. The minimum Gasteiger partial charge on any atom is -0.481 e. The van der Waals surface area contributed by atoms with Crippen LogP contribution in [0.5, 0.6) is 0 Å². The number of carboxylic acid groups (broad SMARTS) is 1. The maximum absolute atomic E-state index is 13.2. The van der Waals surface area contributed by atoms with Crippen LogP contribution in [-0.4, -0.2) is 51.8 Å². The van der Waals surface area contributed by atoms with Crippen LogP contribution in [0.15, 0.2) is 17.2 Å². The molecule has 0 spiro atoms. The molecule has 0 aliphatic heterocycles. The van der Waals surface area contributed by atoms with Crippen LogP contribution in [0.3, 0.4) is 0 Å². The highest BCUT2D eigenvalue weighted by atomic mass is 32.2. The van der Waals surface area contributed by atoms with E-state index in [1.807, 2.05) is 24.1 Å². The number of amides is 1. The van der Waals surface area contributed by atoms with E-state index in [-0.39, 0.29) is 17.9 Å². The van der Waals surface area contributed by atoms with Crippen LogP contribution in [0.25, 0.3) is 0 Å². The Hall–Kier alpha value is -1.76. The van der Waals surface area contributed by atoms with Crippen molar-refractivity contribution >= 4 is 29.5 Å². The summed E-state index contributed by atoms with van der Waals surface area (Å²) in [5, 5.41) is 13.5. The zero-order chi connectivity index (χ0) is 21.5. The van der Waals surface area contributed by atoms with E-state index in [1.165, 1.54) is 19.3 Å². The van der Waals surface area contributed by atoms with Crippen LogP contribution in [-0.2, 0) is 4.79 Å². The summed E-state index contributed by atoms with van der Waals surface area (Å²) >= 11 is 1.64. The van der Waals surface area contributed by atoms with Gasteiger partial charge in [-0.3, -0.25) is 9.59 Å². The predicted octanol–water partition coefficient (Wildman–Crippen LogP) is 5.04. The second-order valence-electron chi connectivity index (χ2n) is 8.64. The number of hydrogen-bond donors (Lipinski definition) is 2. The number of carbonyl (C=O) groups excluding carboxylic acids is 1. The minimum atomic E-state index is -0.685. The highest BCUT2D eigenvalue weighted by molar-refractivity contribution is 7.99. The Bertz CT molecular complexity index is 728. The van der Waals surface area contributed by atoms with Crippen LogP contribution in [0.2, 0.25) is 0 Å². The Morgan fingerprint density at radius 3 is 2.47 bits per heavy atom. The SMILES string of the molecule is CCCSc1nc(NC2CCC(C(=O)O)CC2)ccc1C(=O)N(C)C1CCCCC1. The lowest BCUT2D eigenvalue weighted by molar-refractivity contribution is -0.142. The lowest BCUT2D eigenvalue weighted by atomic mass is 9.86. The monoisotopic (exact) mass is 433 g/mol. The third-order valence-electron chi connectivity index (χ3n) is 6.40. The second-order valence-corrected chi connectivity index (χ2v) is 9.72. The van der Waals surface area contributed by atoms with E-state index in [4.69, 9.17) is 4.98 Å². The molecule has 0 bridgehead atoms. The molecule has 1 aromatic rings. The van der Waals surface area contributed by atoms with Gasteiger partial charge in [0, 0.05) is 19.1 Å². The number of carbonyl (C=O) groups is 2. The van der Waals surface area contributed by atoms with Gasteiger partial charge in [-0.15, -0.1) is 11.8 Å². The van der Waals surface area contributed by atoms with Gasteiger partial charge in [-0.05, 0) is 62.8 Å². The summed E-state index contributed by atoms with van der Waals surface area (Å²) in [6.45, 7) is 2.13. The smallest absolute Gasteiger partial charge is 0.306 e. The molecule has 1 heterocycles. The van der Waals surface area contributed by atoms with E-state index in [9.17, 15) is 14.7 Å². The summed E-state index contributed by atoms with van der Waals surface area (Å²) in [5.74, 6) is 0.871. The summed E-state index contributed by atoms with van der Waals surface area (Å²) < 4.78 is 0. The molecule has 2 aliphatic rings. The first-order valence-electron chi connectivity index (χ1n) is 11.4. The van der Waals surface area contributed by atoms with E-state index in [1.54, 1.807) is 11.8 Å². The van der Waals surface area contributed by atoms with Crippen molar-refractivity contribution in [1.29, 1.82) is 0 Å². The normalized spacial score (nSPS) is 22.5. The lowest BCUT2D eigenvalue weighted by Crippen LogP contribution is -2.38. The van der Waals surface area contributed by atoms with E-state index in [2.05, 4.69) is 12.2 Å². The molecule has 30 heavy (non-hydrogen) atoms. The molecule has 0 aromatic carbocycles. The fraction of sp³-hybridized carbons (Fsp3) is 0.696. The van der Waals surface area contributed by atoms with Crippen molar-refractivity contribution in [3.63, 3.8) is 0 Å². The molecule has 3 rings (SSSR count). The van der Waals surface area contributed by atoms with Crippen molar-refractivity contribution in [2.24, 2.45) is 5.92 Å². The van der Waals surface area contributed by atoms with Gasteiger partial charge >= 0.3 is 5.97 Å². The van der Waals surface area contributed by atoms with Crippen LogP contribution < -0.4 is 5.32 Å². The van der Waals surface area contributed by atoms with E-state index >= 15 is 0 Å². The quantitative estimate of drug-likeness (QED) is 0.559. The maximum atomic E-state index is 13.2. The van der Waals surface area contributed by atoms with Crippen LogP contribution >= 0.6 is 11.8 Å². The van der Waals surface area contributed by atoms with Gasteiger partial charge in [0.15, 0.2) is 0 Å². The van der Waals surface area contributed by atoms with Crippen molar-refractivity contribution in [2.45, 2.75) is 88.2 Å². The maximum Gasteiger partial charge on any atom is 0.306 e. The molecule has 0 atom stereocenters. The fourth-order valence-corrected chi connectivity index (χ4v) is 5.38. The van der Waals surface area contributed by atoms with Crippen molar-refractivity contribution in [1.82, 2.24) is 9.88 Å². The molecule has 2 fully saturated rings. The summed E-state index contributed by atoms with van der Waals surface area (Å²) in [5.41, 5.74) is 0.696. The molecule has 0 saturated heterocycles. The summed E-state index contributed by atoms with van der Waals surface area (Å²) in [6, 6.07) is 4.39. The first-order valence-corrected chi connectivity index (χ1v) is 12.4. The summed E-state index contributed by atoms with van der Waals surface area (Å²) in [6.07, 6.45) is 9.94. The zero-order valence-corrected chi connectivity index (χ0v) is 19.0. The van der Waals surface area contributed by atoms with Crippen LogP contribution in [0, 0.1) is 5.92 Å². The van der Waals surface area contributed by atoms with Crippen LogP contribution in [0.1, 0.15) is 81.5 Å². The van der Waals surface area contributed by atoms with Gasteiger partial charge in [-0.1, -0.05) is 26.2 Å². The van der Waals surface area contributed by atoms with Gasteiger partial charge in [0.1, 0.15) is 10.8 Å². The topological polar surface area (TPSA) is 82.5 Å². The van der Waals surface area contributed by atoms with Crippen molar-refractivity contribution in [3.8, 4) is 0 Å². The summed E-state index contributed by atoms with van der Waals surface area (Å²) in [4.78, 5) is 31.1. The third kappa shape index (κ3) is 5.90. The average molecular weight is 434 g/mol. The molecule has 0 radical (unpaired) electrons. The molecule has 166 valence electrons. The van der Waals surface area contributed by atoms with Crippen LogP contribution in [0.4, 0.5) is 5.82 Å². The molecule has 2 aliphatic carbocycles. The Balaban J connectivity index is 1.70. The number of thioether (sulfide) groups is 1. The number of rotatable bonds is 8. The molecule has 1 aromatic heterocycles. The number of hydrogen-bond acceptors (Lipinski definition) is 5. The predicted molar refractivity (Wildman–Crippen MR) is 121 cm³/mol. The zero-order valence-electron chi connectivity index (χ0n) is 18.2. The lowest BCUT2D eigenvalue weighted by Gasteiger charge is -2.31. The molecular formula is C23H35N3O3S. The molecular weight excluding hydrogens is 398 g/mol. The van der Waals surface area contributed by atoms with Crippen molar-refractivity contribution in [3.05, 3.63) is 17.7 Å². The van der Waals surface area contributed by atoms with Gasteiger partial charge in [0.2, 0.25) is 0 Å². The van der Waals surface area contributed by atoms with Crippen molar-refractivity contribution in [2.75, 3.05) is 18.1 Å². The Labute approximate surface area is 184 Å². The number of carboxylic acids is 1. The van der Waals surface area contributed by atoms with Gasteiger partial charge in [0.25, 0.3) is 5.91 Å². The number of aromatic nitrogens is 1. The van der Waals surface area contributed by atoms with Gasteiger partial charge in [-0.25, -0.2) is 4.98 Å². The first-order chi connectivity index (χ1) is 14.5. The molecule has 1 amide bonds. The number of nitrogens with one attached hydrogen (secondary N) is 1. The van der Waals surface area contributed by atoms with Gasteiger partial charge in [-0.2, -0.15) is 0 Å². The van der Waals surface area contributed by atoms with Crippen molar-refractivity contribution < 1.29 is 14.7 Å². The number of pyridine rings is 1. The van der Waals surface area contributed by atoms with E-state index in [0.29, 0.717) is 24.4 Å². The van der Waals surface area contributed by atoms with E-state index in [0.717, 1.165) is 48.7 Å². The largest absolute Gasteiger partial charge is 0.481 e. The molecule has 0 unspecified atom stereocenters. The Morgan fingerprint density at radius 2 is 1.83 bits per heavy atom.